The predicted octanol–water partition coefficient (Wildman–Crippen LogP) is 3.10. The van der Waals surface area contributed by atoms with Crippen LogP contribution in [-0.2, 0) is 15.0 Å². The molecule has 1 aromatic rings. The third kappa shape index (κ3) is 2.62. The van der Waals surface area contributed by atoms with Gasteiger partial charge in [0.15, 0.2) is 0 Å². The summed E-state index contributed by atoms with van der Waals surface area (Å²) in [6.07, 6.45) is 4.67. The summed E-state index contributed by atoms with van der Waals surface area (Å²) < 4.78 is 0. The molecule has 128 valence electrons. The minimum absolute atomic E-state index is 0.0805. The molecule has 0 bridgehead atoms. The highest BCUT2D eigenvalue weighted by Gasteiger charge is 2.43. The molecule has 1 aliphatic carbocycles. The number of hydrogen-bond donors (Lipinski definition) is 0. The lowest BCUT2D eigenvalue weighted by atomic mass is 9.80. The van der Waals surface area contributed by atoms with Crippen LogP contribution in [0.5, 0.6) is 0 Å². The molecule has 4 rings (SSSR count). The van der Waals surface area contributed by atoms with E-state index in [-0.39, 0.29) is 23.1 Å². The zero-order chi connectivity index (χ0) is 16.9. The van der Waals surface area contributed by atoms with E-state index in [9.17, 15) is 9.59 Å². The first-order valence-electron chi connectivity index (χ1n) is 9.18. The van der Waals surface area contributed by atoms with Crippen LogP contribution in [0.25, 0.3) is 0 Å². The molecule has 1 unspecified atom stereocenters. The van der Waals surface area contributed by atoms with Crippen LogP contribution in [0, 0.1) is 5.92 Å². The quantitative estimate of drug-likeness (QED) is 0.838. The van der Waals surface area contributed by atoms with Crippen molar-refractivity contribution in [3.8, 4) is 0 Å². The van der Waals surface area contributed by atoms with E-state index >= 15 is 0 Å². The maximum absolute atomic E-state index is 13.2. The van der Waals surface area contributed by atoms with Crippen molar-refractivity contribution in [1.29, 1.82) is 0 Å². The molecule has 2 amide bonds. The minimum atomic E-state index is -0.174. The summed E-state index contributed by atoms with van der Waals surface area (Å²) in [6, 6.07) is 8.69. The van der Waals surface area contributed by atoms with Crippen LogP contribution in [-0.4, -0.2) is 35.8 Å². The zero-order valence-electron chi connectivity index (χ0n) is 14.6. The van der Waals surface area contributed by atoms with Crippen molar-refractivity contribution in [2.75, 3.05) is 18.0 Å². The van der Waals surface area contributed by atoms with Crippen molar-refractivity contribution in [3.05, 3.63) is 29.8 Å². The Hall–Kier alpha value is -1.84. The normalized spacial score (nSPS) is 26.2. The average molecular weight is 326 g/mol. The molecular weight excluding hydrogens is 300 g/mol. The van der Waals surface area contributed by atoms with Crippen molar-refractivity contribution in [2.24, 2.45) is 5.92 Å². The van der Waals surface area contributed by atoms with E-state index in [1.807, 2.05) is 15.9 Å². The van der Waals surface area contributed by atoms with Gasteiger partial charge in [0, 0.05) is 31.2 Å². The van der Waals surface area contributed by atoms with E-state index < -0.39 is 0 Å². The van der Waals surface area contributed by atoms with Crippen LogP contribution < -0.4 is 4.90 Å². The Morgan fingerprint density at radius 2 is 1.96 bits per heavy atom. The number of hydrogen-bond acceptors (Lipinski definition) is 2. The molecule has 1 aromatic carbocycles. The van der Waals surface area contributed by atoms with Gasteiger partial charge in [-0.2, -0.15) is 0 Å². The van der Waals surface area contributed by atoms with E-state index in [1.165, 1.54) is 5.56 Å². The second-order valence-electron chi connectivity index (χ2n) is 8.17. The van der Waals surface area contributed by atoms with Crippen LogP contribution in [0.1, 0.15) is 51.5 Å². The first-order valence-corrected chi connectivity index (χ1v) is 9.18. The third-order valence-electron chi connectivity index (χ3n) is 5.87. The van der Waals surface area contributed by atoms with E-state index in [2.05, 4.69) is 32.0 Å². The standard InChI is InChI=1S/C20H26N2O2/c1-20(2)10-5-11-21(17-7-4-3-6-16(17)20)19(24)14-12-18(23)22(13-14)15-8-9-15/h3-4,6-7,14-15H,5,8-13H2,1-2H3. The molecule has 3 aliphatic rings. The largest absolute Gasteiger partial charge is 0.339 e. The summed E-state index contributed by atoms with van der Waals surface area (Å²) in [6.45, 7) is 5.89. The molecular formula is C20H26N2O2. The number of benzene rings is 1. The van der Waals surface area contributed by atoms with Crippen molar-refractivity contribution >= 4 is 17.5 Å². The SMILES string of the molecule is CC1(C)CCCN(C(=O)C2CC(=O)N(C3CC3)C2)c2ccccc21. The lowest BCUT2D eigenvalue weighted by Crippen LogP contribution is -2.38. The number of amides is 2. The highest BCUT2D eigenvalue weighted by Crippen LogP contribution is 2.40. The van der Waals surface area contributed by atoms with Gasteiger partial charge in [-0.15, -0.1) is 0 Å². The Morgan fingerprint density at radius 3 is 2.71 bits per heavy atom. The third-order valence-corrected chi connectivity index (χ3v) is 5.87. The summed E-state index contributed by atoms with van der Waals surface area (Å²) in [5.74, 6) is 0.128. The maximum Gasteiger partial charge on any atom is 0.232 e. The summed E-state index contributed by atoms with van der Waals surface area (Å²) >= 11 is 0. The number of rotatable bonds is 2. The fourth-order valence-electron chi connectivity index (χ4n) is 4.30. The van der Waals surface area contributed by atoms with E-state index in [4.69, 9.17) is 0 Å². The number of para-hydroxylation sites is 1. The molecule has 1 atom stereocenters. The zero-order valence-corrected chi connectivity index (χ0v) is 14.6. The highest BCUT2D eigenvalue weighted by molar-refractivity contribution is 6.00. The molecule has 1 saturated carbocycles. The van der Waals surface area contributed by atoms with Gasteiger partial charge in [0.1, 0.15) is 0 Å². The van der Waals surface area contributed by atoms with Crippen molar-refractivity contribution in [1.82, 2.24) is 4.90 Å². The minimum Gasteiger partial charge on any atom is -0.339 e. The van der Waals surface area contributed by atoms with Gasteiger partial charge in [-0.25, -0.2) is 0 Å². The summed E-state index contributed by atoms with van der Waals surface area (Å²) in [5.41, 5.74) is 2.37. The second kappa shape index (κ2) is 5.61. The molecule has 0 radical (unpaired) electrons. The van der Waals surface area contributed by atoms with Crippen LogP contribution >= 0.6 is 0 Å². The Balaban J connectivity index is 1.61. The molecule has 2 heterocycles. The number of carbonyl (C=O) groups excluding carboxylic acids is 2. The van der Waals surface area contributed by atoms with E-state index in [0.29, 0.717) is 19.0 Å². The summed E-state index contributed by atoms with van der Waals surface area (Å²) in [7, 11) is 0. The molecule has 0 spiro atoms. The molecule has 0 N–H and O–H groups in total. The Labute approximate surface area is 143 Å². The molecule has 2 fully saturated rings. The lowest BCUT2D eigenvalue weighted by Gasteiger charge is -2.29. The highest BCUT2D eigenvalue weighted by atomic mass is 16.2. The smallest absolute Gasteiger partial charge is 0.232 e. The van der Waals surface area contributed by atoms with Crippen molar-refractivity contribution in [3.63, 3.8) is 0 Å². The molecule has 1 saturated heterocycles. The topological polar surface area (TPSA) is 40.6 Å². The molecule has 0 aromatic heterocycles. The van der Waals surface area contributed by atoms with Gasteiger partial charge in [0.25, 0.3) is 0 Å². The summed E-state index contributed by atoms with van der Waals surface area (Å²) in [4.78, 5) is 29.3. The van der Waals surface area contributed by atoms with Crippen molar-refractivity contribution in [2.45, 2.75) is 57.4 Å². The van der Waals surface area contributed by atoms with E-state index in [1.54, 1.807) is 0 Å². The van der Waals surface area contributed by atoms with Gasteiger partial charge in [0.05, 0.1) is 5.92 Å². The average Bonchev–Trinajstić information content (AvgIpc) is 3.34. The van der Waals surface area contributed by atoms with Crippen LogP contribution in [0.15, 0.2) is 24.3 Å². The van der Waals surface area contributed by atoms with Gasteiger partial charge in [-0.1, -0.05) is 32.0 Å². The monoisotopic (exact) mass is 326 g/mol. The summed E-state index contributed by atoms with van der Waals surface area (Å²) in [5, 5.41) is 0. The number of nitrogens with zero attached hydrogens (tertiary/aromatic N) is 2. The number of anilines is 1. The van der Waals surface area contributed by atoms with Gasteiger partial charge in [0.2, 0.25) is 11.8 Å². The fraction of sp³-hybridized carbons (Fsp3) is 0.600. The van der Waals surface area contributed by atoms with Gasteiger partial charge in [-0.3, -0.25) is 9.59 Å². The number of carbonyl (C=O) groups is 2. The van der Waals surface area contributed by atoms with Crippen LogP contribution in [0.2, 0.25) is 0 Å². The number of fused-ring (bicyclic) bond motifs is 1. The van der Waals surface area contributed by atoms with Crippen molar-refractivity contribution < 1.29 is 9.59 Å². The lowest BCUT2D eigenvalue weighted by molar-refractivity contribution is -0.128. The first kappa shape index (κ1) is 15.7. The number of likely N-dealkylation sites (tertiary alicyclic amines) is 1. The Kier molecular flexibility index (Phi) is 3.66. The van der Waals surface area contributed by atoms with Crippen LogP contribution in [0.3, 0.4) is 0 Å². The predicted molar refractivity (Wildman–Crippen MR) is 93.9 cm³/mol. The van der Waals surface area contributed by atoms with Gasteiger partial charge in [-0.05, 0) is 42.7 Å². The molecule has 4 nitrogen and oxygen atoms in total. The fourth-order valence-corrected chi connectivity index (χ4v) is 4.30. The van der Waals surface area contributed by atoms with E-state index in [0.717, 1.165) is 37.9 Å². The second-order valence-corrected chi connectivity index (χ2v) is 8.17. The van der Waals surface area contributed by atoms with Gasteiger partial charge < -0.3 is 9.80 Å². The Morgan fingerprint density at radius 1 is 1.21 bits per heavy atom. The molecule has 24 heavy (non-hydrogen) atoms. The first-order chi connectivity index (χ1) is 11.5. The van der Waals surface area contributed by atoms with Gasteiger partial charge >= 0.3 is 0 Å². The van der Waals surface area contributed by atoms with Crippen LogP contribution in [0.4, 0.5) is 5.69 Å². The molecule has 2 aliphatic heterocycles. The Bertz CT molecular complexity index is 678. The maximum atomic E-state index is 13.2. The molecule has 4 heteroatoms.